The van der Waals surface area contributed by atoms with Gasteiger partial charge < -0.3 is 15.0 Å². The third kappa shape index (κ3) is 5.36. The normalized spacial score (nSPS) is 11.7. The number of halogens is 1. The first-order valence-electron chi connectivity index (χ1n) is 13.1. The van der Waals surface area contributed by atoms with Crippen molar-refractivity contribution in [1.29, 1.82) is 0 Å². The van der Waals surface area contributed by atoms with Crippen molar-refractivity contribution < 1.29 is 13.9 Å². The predicted molar refractivity (Wildman–Crippen MR) is 157 cm³/mol. The topological polar surface area (TPSA) is 121 Å². The summed E-state index contributed by atoms with van der Waals surface area (Å²) in [6.07, 6.45) is 3.71. The van der Waals surface area contributed by atoms with Crippen molar-refractivity contribution in [2.75, 3.05) is 12.4 Å². The number of H-pyrrole nitrogens is 2. The van der Waals surface area contributed by atoms with E-state index >= 15 is 0 Å². The van der Waals surface area contributed by atoms with E-state index in [2.05, 4.69) is 25.5 Å². The summed E-state index contributed by atoms with van der Waals surface area (Å²) in [6, 6.07) is 15.9. The Balaban J connectivity index is 1.37. The van der Waals surface area contributed by atoms with Crippen molar-refractivity contribution in [2.24, 2.45) is 5.41 Å². The molecule has 3 N–H and O–H groups in total. The second-order valence-electron chi connectivity index (χ2n) is 11.1. The number of anilines is 1. The molecule has 2 aromatic carbocycles. The van der Waals surface area contributed by atoms with E-state index in [4.69, 9.17) is 14.7 Å². The lowest BCUT2D eigenvalue weighted by Crippen LogP contribution is -2.19. The van der Waals surface area contributed by atoms with E-state index in [1.54, 1.807) is 18.5 Å². The molecule has 0 bridgehead atoms. The maximum atomic E-state index is 14.3. The Morgan fingerprint density at radius 2 is 1.83 bits per heavy atom. The fourth-order valence-electron chi connectivity index (χ4n) is 4.77. The van der Waals surface area contributed by atoms with Crippen LogP contribution in [0.1, 0.15) is 27.2 Å². The summed E-state index contributed by atoms with van der Waals surface area (Å²) in [5, 5.41) is 10.5. The van der Waals surface area contributed by atoms with Crippen molar-refractivity contribution in [2.45, 2.75) is 27.2 Å². The fourth-order valence-corrected chi connectivity index (χ4v) is 4.77. The zero-order valence-electron chi connectivity index (χ0n) is 23.0. The highest BCUT2D eigenvalue weighted by atomic mass is 19.1. The van der Waals surface area contributed by atoms with Crippen LogP contribution >= 0.6 is 0 Å². The molecule has 0 aliphatic carbocycles. The number of aromatic amines is 2. The lowest BCUT2D eigenvalue weighted by molar-refractivity contribution is -0.117. The van der Waals surface area contributed by atoms with Crippen LogP contribution < -0.4 is 10.1 Å². The van der Waals surface area contributed by atoms with Crippen LogP contribution in [-0.2, 0) is 4.79 Å². The number of aromatic nitrogens is 6. The molecule has 9 nitrogen and oxygen atoms in total. The van der Waals surface area contributed by atoms with E-state index in [0.29, 0.717) is 51.7 Å². The van der Waals surface area contributed by atoms with E-state index in [1.807, 2.05) is 57.2 Å². The van der Waals surface area contributed by atoms with Gasteiger partial charge in [-0.1, -0.05) is 32.9 Å². The van der Waals surface area contributed by atoms with Gasteiger partial charge in [-0.2, -0.15) is 5.10 Å². The summed E-state index contributed by atoms with van der Waals surface area (Å²) in [6.45, 7) is 6.05. The third-order valence-corrected chi connectivity index (χ3v) is 6.57. The number of amides is 1. The molecular formula is C31H28FN7O2. The number of imidazole rings is 1. The number of benzene rings is 2. The van der Waals surface area contributed by atoms with Crippen LogP contribution in [0.4, 0.5) is 10.1 Å². The highest BCUT2D eigenvalue weighted by Crippen LogP contribution is 2.34. The van der Waals surface area contributed by atoms with Gasteiger partial charge in [-0.3, -0.25) is 14.9 Å². The first kappa shape index (κ1) is 26.1. The summed E-state index contributed by atoms with van der Waals surface area (Å²) >= 11 is 0. The molecule has 0 aliphatic heterocycles. The van der Waals surface area contributed by atoms with Crippen molar-refractivity contribution in [1.82, 2.24) is 30.1 Å². The summed E-state index contributed by atoms with van der Waals surface area (Å²) in [7, 11) is 1.51. The van der Waals surface area contributed by atoms with Crippen LogP contribution in [0.5, 0.6) is 5.75 Å². The molecule has 0 saturated heterocycles. The zero-order chi connectivity index (χ0) is 28.7. The van der Waals surface area contributed by atoms with Gasteiger partial charge in [0.05, 0.1) is 41.2 Å². The molecule has 0 radical (unpaired) electrons. The number of hydrogen-bond acceptors (Lipinski definition) is 6. The van der Waals surface area contributed by atoms with E-state index in [1.165, 1.54) is 19.2 Å². The second kappa shape index (κ2) is 10.1. The Bertz CT molecular complexity index is 1920. The molecule has 4 aromatic heterocycles. The number of rotatable bonds is 6. The average molecular weight is 550 g/mol. The van der Waals surface area contributed by atoms with Crippen LogP contribution in [0.25, 0.3) is 56.0 Å². The maximum absolute atomic E-state index is 14.3. The number of nitrogens with one attached hydrogen (secondary N) is 3. The van der Waals surface area contributed by atoms with Gasteiger partial charge in [-0.15, -0.1) is 0 Å². The SMILES string of the molecule is COc1cc(F)cc(-c2cccc3[nH]c(-c4n[nH]c5ccc(-c6cncc(NC(=O)CC(C)(C)C)c6)nc45)nc23)c1. The summed E-state index contributed by atoms with van der Waals surface area (Å²) in [4.78, 5) is 29.8. The van der Waals surface area contributed by atoms with Crippen molar-refractivity contribution in [3.8, 4) is 39.7 Å². The molecule has 0 fully saturated rings. The predicted octanol–water partition coefficient (Wildman–Crippen LogP) is 6.75. The van der Waals surface area contributed by atoms with Crippen molar-refractivity contribution in [3.05, 3.63) is 72.8 Å². The Kier molecular flexibility index (Phi) is 6.45. The molecule has 10 heteroatoms. The molecule has 0 atom stereocenters. The van der Waals surface area contributed by atoms with Crippen LogP contribution in [0.3, 0.4) is 0 Å². The third-order valence-electron chi connectivity index (χ3n) is 6.57. The van der Waals surface area contributed by atoms with Crippen molar-refractivity contribution in [3.63, 3.8) is 0 Å². The van der Waals surface area contributed by atoms with E-state index in [0.717, 1.165) is 22.2 Å². The number of fused-ring (bicyclic) bond motifs is 2. The molecule has 0 saturated carbocycles. The number of para-hydroxylation sites is 1. The molecule has 0 aliphatic rings. The summed E-state index contributed by atoms with van der Waals surface area (Å²) in [5.74, 6) is 0.482. The monoisotopic (exact) mass is 549 g/mol. The summed E-state index contributed by atoms with van der Waals surface area (Å²) < 4.78 is 19.5. The van der Waals surface area contributed by atoms with Gasteiger partial charge in [0.15, 0.2) is 11.5 Å². The highest BCUT2D eigenvalue weighted by Gasteiger charge is 2.19. The Morgan fingerprint density at radius 3 is 2.63 bits per heavy atom. The lowest BCUT2D eigenvalue weighted by Gasteiger charge is -2.17. The number of carbonyl (C=O) groups excluding carboxylic acids is 1. The molecule has 41 heavy (non-hydrogen) atoms. The quantitative estimate of drug-likeness (QED) is 0.211. The van der Waals surface area contributed by atoms with Crippen LogP contribution in [0.15, 0.2) is 67.0 Å². The first-order valence-corrected chi connectivity index (χ1v) is 13.1. The van der Waals surface area contributed by atoms with Gasteiger partial charge in [0, 0.05) is 29.8 Å². The van der Waals surface area contributed by atoms with Gasteiger partial charge in [0.1, 0.15) is 17.1 Å². The molecule has 6 rings (SSSR count). The molecule has 6 aromatic rings. The minimum atomic E-state index is -0.394. The molecule has 0 unspecified atom stereocenters. The number of nitrogens with zero attached hydrogens (tertiary/aromatic N) is 4. The average Bonchev–Trinajstić information content (AvgIpc) is 3.55. The van der Waals surface area contributed by atoms with Gasteiger partial charge in [-0.05, 0) is 47.4 Å². The number of carbonyl (C=O) groups is 1. The molecule has 1 amide bonds. The molecule has 0 spiro atoms. The Labute approximate surface area is 235 Å². The van der Waals surface area contributed by atoms with E-state index in [9.17, 15) is 9.18 Å². The van der Waals surface area contributed by atoms with Crippen LogP contribution in [-0.4, -0.2) is 43.2 Å². The fraction of sp³-hybridized carbons (Fsp3) is 0.194. The zero-order valence-corrected chi connectivity index (χ0v) is 23.0. The molecule has 4 heterocycles. The van der Waals surface area contributed by atoms with Gasteiger partial charge in [0.25, 0.3) is 0 Å². The molecular weight excluding hydrogens is 521 g/mol. The lowest BCUT2D eigenvalue weighted by atomic mass is 9.92. The first-order chi connectivity index (χ1) is 19.7. The van der Waals surface area contributed by atoms with Crippen LogP contribution in [0.2, 0.25) is 0 Å². The Hall–Kier alpha value is -5.12. The highest BCUT2D eigenvalue weighted by molar-refractivity contribution is 5.97. The summed E-state index contributed by atoms with van der Waals surface area (Å²) in [5.41, 5.74) is 6.66. The van der Waals surface area contributed by atoms with Crippen molar-refractivity contribution >= 4 is 33.7 Å². The molecule has 206 valence electrons. The smallest absolute Gasteiger partial charge is 0.224 e. The van der Waals surface area contributed by atoms with Crippen LogP contribution in [0, 0.1) is 11.2 Å². The Morgan fingerprint density at radius 1 is 0.976 bits per heavy atom. The number of ether oxygens (including phenoxy) is 1. The number of hydrogen-bond donors (Lipinski definition) is 3. The number of methoxy groups -OCH3 is 1. The maximum Gasteiger partial charge on any atom is 0.224 e. The minimum absolute atomic E-state index is 0.0714. The number of pyridine rings is 2. The van der Waals surface area contributed by atoms with Gasteiger partial charge >= 0.3 is 0 Å². The van der Waals surface area contributed by atoms with E-state index in [-0.39, 0.29) is 11.3 Å². The van der Waals surface area contributed by atoms with Gasteiger partial charge in [-0.25, -0.2) is 14.4 Å². The second-order valence-corrected chi connectivity index (χ2v) is 11.1. The standard InChI is InChI=1S/C31H28FN7O2/c1-31(2,3)14-26(40)34-20-11-18(15-33-16-20)23-8-9-25-28(35-23)29(39-38-25)30-36-24-7-5-6-22(27(24)37-30)17-10-19(32)13-21(12-17)41-4/h5-13,15-16H,14H2,1-4H3,(H,34,40)(H,36,37)(H,38,39). The van der Waals surface area contributed by atoms with Gasteiger partial charge in [0.2, 0.25) is 5.91 Å². The largest absolute Gasteiger partial charge is 0.497 e. The van der Waals surface area contributed by atoms with E-state index < -0.39 is 5.82 Å². The minimum Gasteiger partial charge on any atom is -0.497 e.